The molecular formula is C19H26N4O3. The number of aromatic nitrogens is 2. The molecule has 4 rings (SSSR count). The third-order valence-corrected chi connectivity index (χ3v) is 5.19. The van der Waals surface area contributed by atoms with Crippen LogP contribution in [0.2, 0.25) is 0 Å². The molecule has 2 aliphatic rings. The molecule has 7 nitrogen and oxygen atoms in total. The number of nitrogens with one attached hydrogen (secondary N) is 1. The number of aryl methyl sites for hydroxylation is 2. The van der Waals surface area contributed by atoms with Crippen LogP contribution >= 0.6 is 0 Å². The van der Waals surface area contributed by atoms with Crippen molar-refractivity contribution in [1.82, 2.24) is 15.0 Å². The summed E-state index contributed by atoms with van der Waals surface area (Å²) in [5.74, 6) is 1.78. The molecule has 0 spiro atoms. The third kappa shape index (κ3) is 3.90. The van der Waals surface area contributed by atoms with Gasteiger partial charge in [0.25, 0.3) is 0 Å². The minimum atomic E-state index is 0.131. The van der Waals surface area contributed by atoms with E-state index in [0.29, 0.717) is 13.2 Å². The van der Waals surface area contributed by atoms with Gasteiger partial charge in [-0.2, -0.15) is 0 Å². The Balaban J connectivity index is 1.27. The van der Waals surface area contributed by atoms with Crippen molar-refractivity contribution in [3.63, 3.8) is 0 Å². The van der Waals surface area contributed by atoms with E-state index in [2.05, 4.69) is 20.4 Å². The van der Waals surface area contributed by atoms with Crippen LogP contribution in [0.15, 0.2) is 28.9 Å². The van der Waals surface area contributed by atoms with Gasteiger partial charge in [-0.1, -0.05) is 11.2 Å². The van der Waals surface area contributed by atoms with Crippen LogP contribution in [0.3, 0.4) is 0 Å². The molecule has 140 valence electrons. The van der Waals surface area contributed by atoms with Crippen LogP contribution in [0.25, 0.3) is 0 Å². The molecule has 0 unspecified atom stereocenters. The highest BCUT2D eigenvalue weighted by Gasteiger charge is 2.37. The summed E-state index contributed by atoms with van der Waals surface area (Å²) in [6.45, 7) is 8.03. The van der Waals surface area contributed by atoms with E-state index in [9.17, 15) is 0 Å². The lowest BCUT2D eigenvalue weighted by molar-refractivity contribution is -0.00461. The minimum Gasteiger partial charge on any atom is -0.372 e. The van der Waals surface area contributed by atoms with Gasteiger partial charge in [-0.15, -0.1) is 0 Å². The van der Waals surface area contributed by atoms with Crippen molar-refractivity contribution in [3.8, 4) is 0 Å². The molecular weight excluding hydrogens is 332 g/mol. The van der Waals surface area contributed by atoms with Gasteiger partial charge in [0.05, 0.1) is 37.2 Å². The first-order chi connectivity index (χ1) is 12.7. The summed E-state index contributed by atoms with van der Waals surface area (Å²) in [4.78, 5) is 6.72. The fraction of sp³-hybridized carbons (Fsp3) is 0.579. The first-order valence-electron chi connectivity index (χ1n) is 9.24. The van der Waals surface area contributed by atoms with Gasteiger partial charge in [0.15, 0.2) is 0 Å². The number of hydrogen-bond donors (Lipinski definition) is 1. The second kappa shape index (κ2) is 7.73. The molecule has 2 saturated heterocycles. The molecule has 2 aromatic heterocycles. The van der Waals surface area contributed by atoms with Gasteiger partial charge in [0.1, 0.15) is 11.6 Å². The average molecular weight is 358 g/mol. The number of rotatable bonds is 5. The maximum atomic E-state index is 6.14. The van der Waals surface area contributed by atoms with Crippen LogP contribution < -0.4 is 5.32 Å². The zero-order chi connectivity index (χ0) is 17.9. The second-order valence-corrected chi connectivity index (χ2v) is 7.11. The number of anilines is 1. The number of nitrogens with zero attached hydrogens (tertiary/aromatic N) is 3. The molecule has 0 aromatic carbocycles. The van der Waals surface area contributed by atoms with E-state index in [1.54, 1.807) is 6.20 Å². The first-order valence-corrected chi connectivity index (χ1v) is 9.24. The SMILES string of the molecule is Cc1noc(C)c1CCN1C[C@@H]2OCC(Nc3ccccn3)CO[C@H]2C1. The Labute approximate surface area is 153 Å². The van der Waals surface area contributed by atoms with Crippen LogP contribution in [0.5, 0.6) is 0 Å². The van der Waals surface area contributed by atoms with Crippen LogP contribution in [0, 0.1) is 13.8 Å². The van der Waals surface area contributed by atoms with Crippen molar-refractivity contribution in [2.45, 2.75) is 38.5 Å². The van der Waals surface area contributed by atoms with E-state index in [4.69, 9.17) is 14.0 Å². The first kappa shape index (κ1) is 17.5. The average Bonchev–Trinajstić information content (AvgIpc) is 3.13. The Kier molecular flexibility index (Phi) is 5.19. The standard InChI is InChI=1S/C19H26N4O3/c1-13-16(14(2)26-22-13)6-8-23-9-17-18(10-23)25-12-15(11-24-17)21-19-5-3-4-7-20-19/h3-5,7,15,17-18H,6,8-12H2,1-2H3,(H,20,21)/t17-,18-/m0/s1. The quantitative estimate of drug-likeness (QED) is 0.874. The Morgan fingerprint density at radius 1 is 1.15 bits per heavy atom. The van der Waals surface area contributed by atoms with E-state index < -0.39 is 0 Å². The maximum Gasteiger partial charge on any atom is 0.137 e. The molecule has 2 fully saturated rings. The maximum absolute atomic E-state index is 6.14. The van der Waals surface area contributed by atoms with Gasteiger partial charge in [0, 0.05) is 31.4 Å². The van der Waals surface area contributed by atoms with Crippen molar-refractivity contribution >= 4 is 5.82 Å². The lowest BCUT2D eigenvalue weighted by atomic mass is 10.1. The van der Waals surface area contributed by atoms with Crippen molar-refractivity contribution in [3.05, 3.63) is 41.4 Å². The number of likely N-dealkylation sites (tertiary alicyclic amines) is 1. The fourth-order valence-electron chi connectivity index (χ4n) is 3.72. The molecule has 0 amide bonds. The van der Waals surface area contributed by atoms with Gasteiger partial charge in [0.2, 0.25) is 0 Å². The van der Waals surface area contributed by atoms with Crippen molar-refractivity contribution in [1.29, 1.82) is 0 Å². The highest BCUT2D eigenvalue weighted by molar-refractivity contribution is 5.34. The molecule has 2 aliphatic heterocycles. The van der Waals surface area contributed by atoms with Gasteiger partial charge in [-0.25, -0.2) is 4.98 Å². The molecule has 2 aromatic rings. The molecule has 0 bridgehead atoms. The van der Waals surface area contributed by atoms with Crippen LogP contribution in [-0.4, -0.2) is 66.1 Å². The van der Waals surface area contributed by atoms with E-state index in [1.807, 2.05) is 32.0 Å². The molecule has 1 N–H and O–H groups in total. The topological polar surface area (TPSA) is 72.7 Å². The van der Waals surface area contributed by atoms with Gasteiger partial charge in [-0.05, 0) is 32.4 Å². The van der Waals surface area contributed by atoms with E-state index in [1.165, 1.54) is 5.56 Å². The highest BCUT2D eigenvalue weighted by Crippen LogP contribution is 2.22. The number of ether oxygens (including phenoxy) is 2. The monoisotopic (exact) mass is 358 g/mol. The summed E-state index contributed by atoms with van der Waals surface area (Å²) in [7, 11) is 0. The van der Waals surface area contributed by atoms with Crippen molar-refractivity contribution < 1.29 is 14.0 Å². The summed E-state index contributed by atoms with van der Waals surface area (Å²) in [5.41, 5.74) is 2.21. The minimum absolute atomic E-state index is 0.131. The van der Waals surface area contributed by atoms with Crippen LogP contribution in [0.4, 0.5) is 5.82 Å². The smallest absolute Gasteiger partial charge is 0.137 e. The van der Waals surface area contributed by atoms with E-state index in [-0.39, 0.29) is 18.2 Å². The predicted octanol–water partition coefficient (Wildman–Crippen LogP) is 1.81. The summed E-state index contributed by atoms with van der Waals surface area (Å²) < 4.78 is 17.5. The molecule has 4 heterocycles. The summed E-state index contributed by atoms with van der Waals surface area (Å²) in [6, 6.07) is 5.97. The molecule has 26 heavy (non-hydrogen) atoms. The highest BCUT2D eigenvalue weighted by atomic mass is 16.6. The van der Waals surface area contributed by atoms with Crippen molar-refractivity contribution in [2.24, 2.45) is 0 Å². The summed E-state index contributed by atoms with van der Waals surface area (Å²) in [6.07, 6.45) is 3.00. The van der Waals surface area contributed by atoms with E-state index in [0.717, 1.165) is 43.3 Å². The molecule has 0 aliphatic carbocycles. The Morgan fingerprint density at radius 3 is 2.54 bits per heavy atom. The van der Waals surface area contributed by atoms with Crippen LogP contribution in [-0.2, 0) is 15.9 Å². The normalized spacial score (nSPS) is 24.4. The lowest BCUT2D eigenvalue weighted by Gasteiger charge is -2.19. The summed E-state index contributed by atoms with van der Waals surface area (Å²) >= 11 is 0. The molecule has 7 heteroatoms. The zero-order valence-electron chi connectivity index (χ0n) is 15.4. The Morgan fingerprint density at radius 2 is 1.92 bits per heavy atom. The Hall–Kier alpha value is -1.96. The predicted molar refractivity (Wildman–Crippen MR) is 97.2 cm³/mol. The van der Waals surface area contributed by atoms with Gasteiger partial charge in [-0.3, -0.25) is 4.90 Å². The zero-order valence-corrected chi connectivity index (χ0v) is 15.4. The number of fused-ring (bicyclic) bond motifs is 1. The van der Waals surface area contributed by atoms with E-state index >= 15 is 0 Å². The third-order valence-electron chi connectivity index (χ3n) is 5.19. The summed E-state index contributed by atoms with van der Waals surface area (Å²) in [5, 5.41) is 7.42. The van der Waals surface area contributed by atoms with Crippen LogP contribution in [0.1, 0.15) is 17.0 Å². The lowest BCUT2D eigenvalue weighted by Crippen LogP contribution is -2.32. The number of hydrogen-bond acceptors (Lipinski definition) is 7. The fourth-order valence-corrected chi connectivity index (χ4v) is 3.72. The second-order valence-electron chi connectivity index (χ2n) is 7.11. The molecule has 0 saturated carbocycles. The van der Waals surface area contributed by atoms with Crippen molar-refractivity contribution in [2.75, 3.05) is 38.2 Å². The number of pyridine rings is 1. The van der Waals surface area contributed by atoms with Gasteiger partial charge >= 0.3 is 0 Å². The van der Waals surface area contributed by atoms with Gasteiger partial charge < -0.3 is 19.3 Å². The molecule has 0 radical (unpaired) electrons. The largest absolute Gasteiger partial charge is 0.372 e. The molecule has 2 atom stereocenters. The Bertz CT molecular complexity index is 685.